The van der Waals surface area contributed by atoms with Crippen LogP contribution in [0.2, 0.25) is 0 Å². The Balaban J connectivity index is 2.34. The minimum Gasteiger partial charge on any atom is -0.381 e. The zero-order valence-electron chi connectivity index (χ0n) is 6.19. The quantitative estimate of drug-likeness (QED) is 0.486. The Kier molecular flexibility index (Phi) is 3.30. The van der Waals surface area contributed by atoms with E-state index >= 15 is 0 Å². The highest BCUT2D eigenvalue weighted by atomic mass is 17.1. The molecule has 0 aromatic heterocycles. The molecule has 1 aliphatic heterocycles. The average Bonchev–Trinajstić information content (AvgIpc) is 2.52. The zero-order valence-corrected chi connectivity index (χ0v) is 6.19. The first kappa shape index (κ1) is 8.47. The highest BCUT2D eigenvalue weighted by molar-refractivity contribution is 4.82. The fourth-order valence-electron chi connectivity index (χ4n) is 1.23. The van der Waals surface area contributed by atoms with Crippen LogP contribution in [0.1, 0.15) is 12.8 Å². The first-order valence-corrected chi connectivity index (χ1v) is 3.63. The van der Waals surface area contributed by atoms with Crippen LogP contribution in [0.5, 0.6) is 0 Å². The van der Waals surface area contributed by atoms with Crippen molar-refractivity contribution in [2.45, 2.75) is 18.9 Å². The van der Waals surface area contributed by atoms with Crippen LogP contribution in [0.3, 0.4) is 0 Å². The Hall–Kier alpha value is -0.630. The van der Waals surface area contributed by atoms with Gasteiger partial charge >= 0.3 is 0 Å². The summed E-state index contributed by atoms with van der Waals surface area (Å²) >= 11 is 0. The van der Waals surface area contributed by atoms with Gasteiger partial charge in [0.2, 0.25) is 0 Å². The molecule has 1 heterocycles. The van der Waals surface area contributed by atoms with E-state index in [1.165, 1.54) is 0 Å². The van der Waals surface area contributed by atoms with E-state index in [2.05, 4.69) is 4.89 Å². The van der Waals surface area contributed by atoms with Crippen molar-refractivity contribution in [2.24, 2.45) is 5.92 Å². The Morgan fingerprint density at radius 2 is 2.64 bits per heavy atom. The third kappa shape index (κ3) is 2.15. The van der Waals surface area contributed by atoms with Crippen LogP contribution in [0.4, 0.5) is 0 Å². The highest BCUT2D eigenvalue weighted by Gasteiger charge is 2.26. The van der Waals surface area contributed by atoms with Crippen molar-refractivity contribution < 1.29 is 14.9 Å². The van der Waals surface area contributed by atoms with Crippen LogP contribution in [0.25, 0.3) is 0 Å². The van der Waals surface area contributed by atoms with E-state index in [1.807, 2.05) is 6.07 Å². The predicted molar refractivity (Wildman–Crippen MR) is 36.7 cm³/mol. The van der Waals surface area contributed by atoms with Crippen molar-refractivity contribution in [2.75, 3.05) is 13.2 Å². The monoisotopic (exact) mass is 157 g/mol. The van der Waals surface area contributed by atoms with Gasteiger partial charge in [-0.2, -0.15) is 5.26 Å². The molecule has 0 radical (unpaired) electrons. The summed E-state index contributed by atoms with van der Waals surface area (Å²) in [6.45, 7) is 1.29. The number of hydrogen-bond donors (Lipinski definition) is 1. The van der Waals surface area contributed by atoms with E-state index in [9.17, 15) is 0 Å². The first-order chi connectivity index (χ1) is 5.38. The molecule has 1 aliphatic rings. The maximum atomic E-state index is 8.41. The van der Waals surface area contributed by atoms with Crippen molar-refractivity contribution >= 4 is 0 Å². The van der Waals surface area contributed by atoms with Crippen LogP contribution in [0, 0.1) is 17.2 Å². The summed E-state index contributed by atoms with van der Waals surface area (Å²) in [4.78, 5) is 4.17. The molecular formula is C7H11NO3. The maximum Gasteiger partial charge on any atom is 0.111 e. The number of rotatable bonds is 3. The van der Waals surface area contributed by atoms with Crippen LogP contribution in [-0.4, -0.2) is 24.6 Å². The minimum atomic E-state index is -0.373. The minimum absolute atomic E-state index is 0.180. The molecule has 0 amide bonds. The van der Waals surface area contributed by atoms with Crippen molar-refractivity contribution in [3.63, 3.8) is 0 Å². The van der Waals surface area contributed by atoms with E-state index < -0.39 is 0 Å². The second kappa shape index (κ2) is 4.29. The van der Waals surface area contributed by atoms with Gasteiger partial charge in [0.15, 0.2) is 0 Å². The summed E-state index contributed by atoms with van der Waals surface area (Å²) in [6, 6.07) is 1.96. The Morgan fingerprint density at radius 1 is 1.82 bits per heavy atom. The topological polar surface area (TPSA) is 62.5 Å². The van der Waals surface area contributed by atoms with Crippen LogP contribution in [-0.2, 0) is 9.62 Å². The lowest BCUT2D eigenvalue weighted by molar-refractivity contribution is -0.288. The van der Waals surface area contributed by atoms with E-state index in [-0.39, 0.29) is 18.4 Å². The van der Waals surface area contributed by atoms with Gasteiger partial charge in [-0.15, -0.1) is 0 Å². The summed E-state index contributed by atoms with van der Waals surface area (Å²) in [7, 11) is 0. The molecule has 0 spiro atoms. The molecule has 4 heteroatoms. The molecule has 0 aromatic rings. The van der Waals surface area contributed by atoms with Crippen molar-refractivity contribution in [1.29, 1.82) is 5.26 Å². The van der Waals surface area contributed by atoms with Crippen LogP contribution >= 0.6 is 0 Å². The molecule has 0 bridgehead atoms. The molecule has 62 valence electrons. The smallest absolute Gasteiger partial charge is 0.111 e. The number of nitrogens with zero attached hydrogens (tertiary/aromatic N) is 1. The standard InChI is InChI=1S/C7H11NO3/c8-3-1-7(11-9)6-2-4-10-5-6/h6-7,9H,1-2,4-5H2. The van der Waals surface area contributed by atoms with Gasteiger partial charge in [-0.05, 0) is 6.42 Å². The fourth-order valence-corrected chi connectivity index (χ4v) is 1.23. The van der Waals surface area contributed by atoms with Gasteiger partial charge in [0, 0.05) is 12.5 Å². The lowest BCUT2D eigenvalue weighted by atomic mass is 10.00. The molecule has 11 heavy (non-hydrogen) atoms. The van der Waals surface area contributed by atoms with Crippen molar-refractivity contribution in [1.82, 2.24) is 0 Å². The zero-order chi connectivity index (χ0) is 8.10. The number of hydrogen-bond acceptors (Lipinski definition) is 4. The van der Waals surface area contributed by atoms with E-state index in [4.69, 9.17) is 15.3 Å². The molecule has 1 N–H and O–H groups in total. The largest absolute Gasteiger partial charge is 0.381 e. The summed E-state index contributed by atoms with van der Waals surface area (Å²) in [5.74, 6) is 0.180. The van der Waals surface area contributed by atoms with Gasteiger partial charge in [-0.1, -0.05) is 0 Å². The normalized spacial score (nSPS) is 26.4. The second-order valence-electron chi connectivity index (χ2n) is 2.63. The van der Waals surface area contributed by atoms with E-state index in [1.54, 1.807) is 0 Å². The molecule has 1 fully saturated rings. The third-order valence-electron chi connectivity index (χ3n) is 1.92. The Labute approximate surface area is 65.3 Å². The summed E-state index contributed by atoms with van der Waals surface area (Å²) in [5.41, 5.74) is 0. The molecule has 0 saturated carbocycles. The van der Waals surface area contributed by atoms with Gasteiger partial charge in [0.1, 0.15) is 6.10 Å². The van der Waals surface area contributed by atoms with Crippen LogP contribution < -0.4 is 0 Å². The third-order valence-corrected chi connectivity index (χ3v) is 1.92. The summed E-state index contributed by atoms with van der Waals surface area (Å²) in [5, 5.41) is 16.8. The van der Waals surface area contributed by atoms with Gasteiger partial charge in [-0.25, -0.2) is 4.89 Å². The molecule has 2 atom stereocenters. The highest BCUT2D eigenvalue weighted by Crippen LogP contribution is 2.20. The first-order valence-electron chi connectivity index (χ1n) is 3.63. The molecule has 0 aromatic carbocycles. The predicted octanol–water partition coefficient (Wildman–Crippen LogP) is 0.795. The molecule has 4 nitrogen and oxygen atoms in total. The van der Waals surface area contributed by atoms with Crippen LogP contribution in [0.15, 0.2) is 0 Å². The van der Waals surface area contributed by atoms with Crippen molar-refractivity contribution in [3.8, 4) is 6.07 Å². The Morgan fingerprint density at radius 3 is 3.09 bits per heavy atom. The SMILES string of the molecule is N#CCC(OO)C1CCOC1. The molecule has 1 saturated heterocycles. The van der Waals surface area contributed by atoms with Gasteiger partial charge < -0.3 is 4.74 Å². The molecule has 2 unspecified atom stereocenters. The Bertz CT molecular complexity index is 148. The average molecular weight is 157 g/mol. The summed E-state index contributed by atoms with van der Waals surface area (Å²) < 4.78 is 5.09. The molecule has 0 aliphatic carbocycles. The van der Waals surface area contributed by atoms with Crippen molar-refractivity contribution in [3.05, 3.63) is 0 Å². The van der Waals surface area contributed by atoms with E-state index in [0.29, 0.717) is 13.2 Å². The van der Waals surface area contributed by atoms with Gasteiger partial charge in [0.05, 0.1) is 19.1 Å². The lowest BCUT2D eigenvalue weighted by Gasteiger charge is -2.14. The fraction of sp³-hybridized carbons (Fsp3) is 0.857. The van der Waals surface area contributed by atoms with Gasteiger partial charge in [-0.3, -0.25) is 5.26 Å². The lowest BCUT2D eigenvalue weighted by Crippen LogP contribution is -2.22. The van der Waals surface area contributed by atoms with Gasteiger partial charge in [0.25, 0.3) is 0 Å². The number of nitriles is 1. The molecule has 1 rings (SSSR count). The second-order valence-corrected chi connectivity index (χ2v) is 2.63. The van der Waals surface area contributed by atoms with E-state index in [0.717, 1.165) is 6.42 Å². The maximum absolute atomic E-state index is 8.41. The molecular weight excluding hydrogens is 146 g/mol. The summed E-state index contributed by atoms with van der Waals surface area (Å²) in [6.07, 6.45) is 0.722. The number of ether oxygens (including phenoxy) is 1.